The van der Waals surface area contributed by atoms with Crippen LogP contribution < -0.4 is 10.1 Å². The number of ether oxygens (including phenoxy) is 1. The molecule has 2 aromatic heterocycles. The summed E-state index contributed by atoms with van der Waals surface area (Å²) in [6.07, 6.45) is 3.74. The number of aliphatic hydroxyl groups is 1. The minimum absolute atomic E-state index is 0.0561. The van der Waals surface area contributed by atoms with Crippen molar-refractivity contribution in [2.24, 2.45) is 0 Å². The molecule has 2 heterocycles. The van der Waals surface area contributed by atoms with Gasteiger partial charge in [-0.3, -0.25) is 9.67 Å². The second-order valence-corrected chi connectivity index (χ2v) is 7.29. The van der Waals surface area contributed by atoms with Gasteiger partial charge in [-0.2, -0.15) is 5.10 Å². The van der Waals surface area contributed by atoms with Crippen LogP contribution in [0.1, 0.15) is 24.2 Å². The lowest BCUT2D eigenvalue weighted by molar-refractivity contribution is 0.269. The fourth-order valence-electron chi connectivity index (χ4n) is 3.53. The molecule has 4 aromatic rings. The van der Waals surface area contributed by atoms with E-state index in [2.05, 4.69) is 41.6 Å². The molecule has 2 aromatic carbocycles. The van der Waals surface area contributed by atoms with Crippen LogP contribution in [0.5, 0.6) is 5.75 Å². The molecule has 0 aliphatic carbocycles. The average molecular weight is 402 g/mol. The quantitative estimate of drug-likeness (QED) is 0.467. The Kier molecular flexibility index (Phi) is 6.07. The third-order valence-electron chi connectivity index (χ3n) is 5.19. The predicted molar refractivity (Wildman–Crippen MR) is 118 cm³/mol. The monoisotopic (exact) mass is 402 g/mol. The maximum Gasteiger partial charge on any atom is 0.119 e. The molecule has 0 spiro atoms. The van der Waals surface area contributed by atoms with Gasteiger partial charge in [0.15, 0.2) is 0 Å². The first kappa shape index (κ1) is 20.1. The molecule has 1 unspecified atom stereocenters. The molecule has 0 aliphatic heterocycles. The molecule has 0 bridgehead atoms. The van der Waals surface area contributed by atoms with Crippen molar-refractivity contribution < 1.29 is 9.84 Å². The summed E-state index contributed by atoms with van der Waals surface area (Å²) in [6.45, 7) is 3.36. The molecular formula is C24H26N4O2. The summed E-state index contributed by atoms with van der Waals surface area (Å²) >= 11 is 0. The summed E-state index contributed by atoms with van der Waals surface area (Å²) in [4.78, 5) is 4.99. The molecule has 4 rings (SSSR count). The number of hydrogen-bond acceptors (Lipinski definition) is 5. The van der Waals surface area contributed by atoms with E-state index in [-0.39, 0.29) is 12.6 Å². The van der Waals surface area contributed by atoms with Crippen molar-refractivity contribution in [3.63, 3.8) is 0 Å². The highest BCUT2D eigenvalue weighted by Crippen LogP contribution is 2.29. The van der Waals surface area contributed by atoms with Crippen molar-refractivity contribution in [2.75, 3.05) is 13.7 Å². The molecule has 0 radical (unpaired) electrons. The summed E-state index contributed by atoms with van der Waals surface area (Å²) in [5, 5.41) is 19.3. The number of aliphatic hydroxyl groups excluding tert-OH is 1. The van der Waals surface area contributed by atoms with Gasteiger partial charge in [0.25, 0.3) is 0 Å². The molecule has 0 aliphatic rings. The van der Waals surface area contributed by atoms with E-state index < -0.39 is 0 Å². The van der Waals surface area contributed by atoms with Crippen LogP contribution in [0.2, 0.25) is 0 Å². The predicted octanol–water partition coefficient (Wildman–Crippen LogP) is 3.95. The summed E-state index contributed by atoms with van der Waals surface area (Å²) < 4.78 is 7.05. The Morgan fingerprint density at radius 3 is 2.83 bits per heavy atom. The zero-order valence-corrected chi connectivity index (χ0v) is 17.2. The molecule has 0 fully saturated rings. The van der Waals surface area contributed by atoms with Crippen molar-refractivity contribution in [2.45, 2.75) is 26.1 Å². The highest BCUT2D eigenvalue weighted by molar-refractivity contribution is 5.94. The lowest BCUT2D eigenvalue weighted by atomic mass is 10.0. The van der Waals surface area contributed by atoms with Crippen LogP contribution in [0.25, 0.3) is 22.0 Å². The van der Waals surface area contributed by atoms with Crippen LogP contribution in [0.4, 0.5) is 0 Å². The average Bonchev–Trinajstić information content (AvgIpc) is 3.25. The van der Waals surface area contributed by atoms with E-state index in [0.717, 1.165) is 45.6 Å². The number of pyridine rings is 1. The summed E-state index contributed by atoms with van der Waals surface area (Å²) in [5.74, 6) is 0.855. The Balaban J connectivity index is 1.63. The first-order valence-electron chi connectivity index (χ1n) is 10.1. The molecular weight excluding hydrogens is 376 g/mol. The van der Waals surface area contributed by atoms with Crippen molar-refractivity contribution in [1.29, 1.82) is 0 Å². The summed E-state index contributed by atoms with van der Waals surface area (Å²) in [5.41, 5.74) is 3.98. The fraction of sp³-hybridized carbons (Fsp3) is 0.250. The SMILES string of the molecule is COc1cccc(CNC(C)c2cc3ccccc3c(-c3cnn(CCO)c3)n2)c1. The normalized spacial score (nSPS) is 12.2. The molecule has 2 N–H and O–H groups in total. The number of nitrogens with zero attached hydrogens (tertiary/aromatic N) is 3. The maximum absolute atomic E-state index is 9.18. The number of hydrogen-bond donors (Lipinski definition) is 2. The van der Waals surface area contributed by atoms with Gasteiger partial charge in [-0.25, -0.2) is 0 Å². The number of nitrogens with one attached hydrogen (secondary N) is 1. The lowest BCUT2D eigenvalue weighted by Crippen LogP contribution is -2.19. The fourth-order valence-corrected chi connectivity index (χ4v) is 3.53. The zero-order chi connectivity index (χ0) is 20.9. The number of benzene rings is 2. The van der Waals surface area contributed by atoms with E-state index in [9.17, 15) is 5.11 Å². The summed E-state index contributed by atoms with van der Waals surface area (Å²) in [6, 6.07) is 18.5. The van der Waals surface area contributed by atoms with Crippen LogP contribution in [0.15, 0.2) is 67.0 Å². The Bertz CT molecular complexity index is 1140. The Morgan fingerprint density at radius 1 is 1.13 bits per heavy atom. The third kappa shape index (κ3) is 4.35. The Labute approximate surface area is 176 Å². The third-order valence-corrected chi connectivity index (χ3v) is 5.19. The van der Waals surface area contributed by atoms with E-state index in [1.54, 1.807) is 11.8 Å². The minimum atomic E-state index is 0.0561. The minimum Gasteiger partial charge on any atom is -0.497 e. The van der Waals surface area contributed by atoms with E-state index in [1.165, 1.54) is 0 Å². The Morgan fingerprint density at radius 2 is 2.00 bits per heavy atom. The number of fused-ring (bicyclic) bond motifs is 1. The molecule has 30 heavy (non-hydrogen) atoms. The molecule has 0 amide bonds. The molecule has 6 heteroatoms. The van der Waals surface area contributed by atoms with Gasteiger partial charge < -0.3 is 15.2 Å². The van der Waals surface area contributed by atoms with Gasteiger partial charge in [-0.05, 0) is 36.1 Å². The highest BCUT2D eigenvalue weighted by Gasteiger charge is 2.14. The maximum atomic E-state index is 9.18. The van der Waals surface area contributed by atoms with Crippen LogP contribution in [0.3, 0.4) is 0 Å². The van der Waals surface area contributed by atoms with Crippen molar-refractivity contribution in [3.8, 4) is 17.0 Å². The topological polar surface area (TPSA) is 72.2 Å². The van der Waals surface area contributed by atoms with E-state index in [4.69, 9.17) is 9.72 Å². The first-order chi connectivity index (χ1) is 14.7. The second-order valence-electron chi connectivity index (χ2n) is 7.29. The number of aromatic nitrogens is 3. The smallest absolute Gasteiger partial charge is 0.119 e. The van der Waals surface area contributed by atoms with Gasteiger partial charge >= 0.3 is 0 Å². The van der Waals surface area contributed by atoms with Crippen molar-refractivity contribution >= 4 is 10.8 Å². The largest absolute Gasteiger partial charge is 0.497 e. The Hall–Kier alpha value is -3.22. The van der Waals surface area contributed by atoms with Gasteiger partial charge in [0.05, 0.1) is 37.8 Å². The van der Waals surface area contributed by atoms with Gasteiger partial charge in [0.1, 0.15) is 5.75 Å². The summed E-state index contributed by atoms with van der Waals surface area (Å²) in [7, 11) is 1.68. The van der Waals surface area contributed by atoms with Gasteiger partial charge in [-0.15, -0.1) is 0 Å². The molecule has 6 nitrogen and oxygen atoms in total. The number of methoxy groups -OCH3 is 1. The molecule has 154 valence electrons. The van der Waals surface area contributed by atoms with E-state index >= 15 is 0 Å². The van der Waals surface area contributed by atoms with E-state index in [0.29, 0.717) is 6.54 Å². The van der Waals surface area contributed by atoms with E-state index in [1.807, 2.05) is 42.7 Å². The zero-order valence-electron chi connectivity index (χ0n) is 17.2. The standard InChI is InChI=1S/C24H26N4O2/c1-17(25-14-18-6-5-8-21(12-18)30-2)23-13-19-7-3-4-9-22(19)24(27-23)20-15-26-28(16-20)10-11-29/h3-9,12-13,15-17,25,29H,10-11,14H2,1-2H3. The van der Waals surface area contributed by atoms with Crippen LogP contribution in [0, 0.1) is 0 Å². The second kappa shape index (κ2) is 9.07. The van der Waals surface area contributed by atoms with Gasteiger partial charge in [-0.1, -0.05) is 36.4 Å². The van der Waals surface area contributed by atoms with Crippen molar-refractivity contribution in [1.82, 2.24) is 20.1 Å². The highest BCUT2D eigenvalue weighted by atomic mass is 16.5. The van der Waals surface area contributed by atoms with Crippen molar-refractivity contribution in [3.05, 3.63) is 78.2 Å². The first-order valence-corrected chi connectivity index (χ1v) is 10.1. The molecule has 0 saturated heterocycles. The van der Waals surface area contributed by atoms with Gasteiger partial charge in [0.2, 0.25) is 0 Å². The molecule has 1 atom stereocenters. The van der Waals surface area contributed by atoms with Crippen LogP contribution in [-0.4, -0.2) is 33.6 Å². The molecule has 0 saturated carbocycles. The number of rotatable bonds is 8. The van der Waals surface area contributed by atoms with Crippen LogP contribution in [-0.2, 0) is 13.1 Å². The van der Waals surface area contributed by atoms with Gasteiger partial charge in [0, 0.05) is 29.7 Å². The lowest BCUT2D eigenvalue weighted by Gasteiger charge is -2.16. The van der Waals surface area contributed by atoms with Crippen LogP contribution >= 0.6 is 0 Å².